The van der Waals surface area contributed by atoms with Crippen molar-refractivity contribution in [1.29, 1.82) is 0 Å². The highest BCUT2D eigenvalue weighted by atomic mass is 32.2. The zero-order valence-electron chi connectivity index (χ0n) is 11.6. The Morgan fingerprint density at radius 3 is 2.65 bits per heavy atom. The Morgan fingerprint density at radius 1 is 1.06 bits per heavy atom. The molecule has 0 spiro atoms. The lowest BCUT2D eigenvalue weighted by Gasteiger charge is -2.34. The molecule has 4 atom stereocenters. The molecule has 0 aromatic heterocycles. The zero-order valence-corrected chi connectivity index (χ0v) is 12.4. The van der Waals surface area contributed by atoms with E-state index in [-0.39, 0.29) is 0 Å². The Labute approximate surface area is 112 Å². The fraction of sp³-hybridized carbons (Fsp3) is 1.00. The second-order valence-electron chi connectivity index (χ2n) is 6.21. The van der Waals surface area contributed by atoms with Gasteiger partial charge >= 0.3 is 0 Å². The predicted octanol–water partition coefficient (Wildman–Crippen LogP) is 4.08. The van der Waals surface area contributed by atoms with Crippen molar-refractivity contribution in [2.45, 2.75) is 69.6 Å². The average Bonchev–Trinajstić information content (AvgIpc) is 2.37. The summed E-state index contributed by atoms with van der Waals surface area (Å²) in [5, 5.41) is 4.77. The molecule has 0 amide bonds. The normalized spacial score (nSPS) is 39.2. The lowest BCUT2D eigenvalue weighted by molar-refractivity contribution is 0.257. The number of rotatable bonds is 4. The molecule has 17 heavy (non-hydrogen) atoms. The van der Waals surface area contributed by atoms with Crippen molar-refractivity contribution in [3.05, 3.63) is 0 Å². The van der Waals surface area contributed by atoms with Crippen LogP contribution in [-0.2, 0) is 0 Å². The van der Waals surface area contributed by atoms with E-state index in [9.17, 15) is 0 Å². The highest BCUT2D eigenvalue weighted by Crippen LogP contribution is 2.30. The lowest BCUT2D eigenvalue weighted by atomic mass is 9.82. The van der Waals surface area contributed by atoms with Crippen molar-refractivity contribution in [2.75, 3.05) is 12.8 Å². The number of nitrogens with one attached hydrogen (secondary N) is 1. The van der Waals surface area contributed by atoms with Gasteiger partial charge in [-0.3, -0.25) is 0 Å². The van der Waals surface area contributed by atoms with Crippen molar-refractivity contribution in [3.63, 3.8) is 0 Å². The van der Waals surface area contributed by atoms with E-state index >= 15 is 0 Å². The monoisotopic (exact) mass is 255 g/mol. The van der Waals surface area contributed by atoms with Gasteiger partial charge in [0.05, 0.1) is 0 Å². The second-order valence-corrected chi connectivity index (χ2v) is 7.29. The van der Waals surface area contributed by atoms with Crippen LogP contribution in [0.1, 0.15) is 58.3 Å². The molecule has 1 N–H and O–H groups in total. The number of thioether (sulfide) groups is 1. The molecule has 0 bridgehead atoms. The maximum atomic E-state index is 3.89. The number of hydrogen-bond acceptors (Lipinski definition) is 2. The SMILES string of the molecule is CSC1CCCCC1NCC1CCCC(C)C1. The Kier molecular flexibility index (Phi) is 5.68. The summed E-state index contributed by atoms with van der Waals surface area (Å²) >= 11 is 2.08. The minimum absolute atomic E-state index is 0.802. The topological polar surface area (TPSA) is 12.0 Å². The van der Waals surface area contributed by atoms with Gasteiger partial charge in [-0.1, -0.05) is 32.6 Å². The van der Waals surface area contributed by atoms with Crippen molar-refractivity contribution < 1.29 is 0 Å². The molecular formula is C15H29NS. The van der Waals surface area contributed by atoms with Crippen LogP contribution in [0.5, 0.6) is 0 Å². The van der Waals surface area contributed by atoms with Gasteiger partial charge in [-0.15, -0.1) is 0 Å². The molecule has 0 radical (unpaired) electrons. The van der Waals surface area contributed by atoms with Gasteiger partial charge in [0.25, 0.3) is 0 Å². The van der Waals surface area contributed by atoms with Gasteiger partial charge in [0.1, 0.15) is 0 Å². The Hall–Kier alpha value is 0.310. The first-order valence-electron chi connectivity index (χ1n) is 7.55. The highest BCUT2D eigenvalue weighted by molar-refractivity contribution is 7.99. The summed E-state index contributed by atoms with van der Waals surface area (Å²) in [6, 6.07) is 0.802. The van der Waals surface area contributed by atoms with E-state index in [1.54, 1.807) is 0 Å². The molecule has 0 saturated heterocycles. The molecule has 0 aromatic rings. The van der Waals surface area contributed by atoms with Gasteiger partial charge in [0.2, 0.25) is 0 Å². The third-order valence-corrected chi connectivity index (χ3v) is 5.89. The van der Waals surface area contributed by atoms with E-state index in [1.165, 1.54) is 57.9 Å². The fourth-order valence-electron chi connectivity index (χ4n) is 3.68. The third-order valence-electron chi connectivity index (χ3n) is 4.72. The van der Waals surface area contributed by atoms with Crippen LogP contribution < -0.4 is 5.32 Å². The first kappa shape index (κ1) is 13.7. The summed E-state index contributed by atoms with van der Waals surface area (Å²) in [6.07, 6.45) is 13.9. The molecule has 1 nitrogen and oxygen atoms in total. The quantitative estimate of drug-likeness (QED) is 0.812. The first-order chi connectivity index (χ1) is 8.29. The smallest absolute Gasteiger partial charge is 0.0198 e. The van der Waals surface area contributed by atoms with E-state index in [0.29, 0.717) is 0 Å². The molecule has 2 aliphatic carbocycles. The summed E-state index contributed by atoms with van der Waals surface area (Å²) in [6.45, 7) is 3.71. The largest absolute Gasteiger partial charge is 0.313 e. The molecule has 2 rings (SSSR count). The van der Waals surface area contributed by atoms with E-state index in [2.05, 4.69) is 30.3 Å². The van der Waals surface area contributed by atoms with E-state index in [0.717, 1.165) is 23.1 Å². The van der Waals surface area contributed by atoms with E-state index in [1.807, 2.05) is 0 Å². The third kappa shape index (κ3) is 4.17. The summed E-state index contributed by atoms with van der Waals surface area (Å²) in [7, 11) is 0. The molecule has 4 unspecified atom stereocenters. The van der Waals surface area contributed by atoms with Crippen molar-refractivity contribution in [2.24, 2.45) is 11.8 Å². The van der Waals surface area contributed by atoms with Crippen LogP contribution in [0.4, 0.5) is 0 Å². The lowest BCUT2D eigenvalue weighted by Crippen LogP contribution is -2.43. The Balaban J connectivity index is 1.72. The Bertz CT molecular complexity index is 219. The minimum Gasteiger partial charge on any atom is -0.313 e. The van der Waals surface area contributed by atoms with Crippen LogP contribution in [0.25, 0.3) is 0 Å². The van der Waals surface area contributed by atoms with Crippen molar-refractivity contribution >= 4 is 11.8 Å². The van der Waals surface area contributed by atoms with Gasteiger partial charge in [0.15, 0.2) is 0 Å². The summed E-state index contributed by atoms with van der Waals surface area (Å²) in [5.74, 6) is 1.93. The van der Waals surface area contributed by atoms with Crippen LogP contribution in [-0.4, -0.2) is 24.1 Å². The molecule has 2 fully saturated rings. The van der Waals surface area contributed by atoms with E-state index < -0.39 is 0 Å². The fourth-order valence-corrected chi connectivity index (χ4v) is 4.64. The molecule has 100 valence electrons. The first-order valence-corrected chi connectivity index (χ1v) is 8.84. The maximum absolute atomic E-state index is 3.89. The van der Waals surface area contributed by atoms with Gasteiger partial charge in [-0.25, -0.2) is 0 Å². The van der Waals surface area contributed by atoms with Gasteiger partial charge in [0, 0.05) is 11.3 Å². The number of hydrogen-bond donors (Lipinski definition) is 1. The standard InChI is InChI=1S/C15H29NS/c1-12-6-5-7-13(10-12)11-16-14-8-3-4-9-15(14)17-2/h12-16H,3-11H2,1-2H3. The molecule has 2 heteroatoms. The summed E-state index contributed by atoms with van der Waals surface area (Å²) < 4.78 is 0. The van der Waals surface area contributed by atoms with Crippen LogP contribution in [0.2, 0.25) is 0 Å². The minimum atomic E-state index is 0.802. The van der Waals surface area contributed by atoms with Crippen LogP contribution >= 0.6 is 11.8 Å². The summed E-state index contributed by atoms with van der Waals surface area (Å²) in [5.41, 5.74) is 0. The van der Waals surface area contributed by atoms with E-state index in [4.69, 9.17) is 0 Å². The molecule has 2 saturated carbocycles. The maximum Gasteiger partial charge on any atom is 0.0198 e. The van der Waals surface area contributed by atoms with Gasteiger partial charge in [-0.2, -0.15) is 11.8 Å². The van der Waals surface area contributed by atoms with Crippen LogP contribution in [0.3, 0.4) is 0 Å². The van der Waals surface area contributed by atoms with Crippen LogP contribution in [0.15, 0.2) is 0 Å². The highest BCUT2D eigenvalue weighted by Gasteiger charge is 2.25. The van der Waals surface area contributed by atoms with Gasteiger partial charge in [-0.05, 0) is 50.3 Å². The zero-order chi connectivity index (χ0) is 12.1. The van der Waals surface area contributed by atoms with Crippen molar-refractivity contribution in [3.8, 4) is 0 Å². The van der Waals surface area contributed by atoms with Crippen LogP contribution in [0, 0.1) is 11.8 Å². The van der Waals surface area contributed by atoms with Gasteiger partial charge < -0.3 is 5.32 Å². The average molecular weight is 255 g/mol. The molecular weight excluding hydrogens is 226 g/mol. The molecule has 0 heterocycles. The Morgan fingerprint density at radius 2 is 1.88 bits per heavy atom. The molecule has 0 aliphatic heterocycles. The predicted molar refractivity (Wildman–Crippen MR) is 78.7 cm³/mol. The second kappa shape index (κ2) is 7.04. The van der Waals surface area contributed by atoms with Crippen molar-refractivity contribution in [1.82, 2.24) is 5.32 Å². The molecule has 0 aromatic carbocycles. The summed E-state index contributed by atoms with van der Waals surface area (Å²) in [4.78, 5) is 0. The molecule has 2 aliphatic rings.